The molecule has 0 aliphatic heterocycles. The predicted molar refractivity (Wildman–Crippen MR) is 105 cm³/mol. The molecule has 7 nitrogen and oxygen atoms in total. The second-order valence-corrected chi connectivity index (χ2v) is 8.12. The number of nitrogens with one attached hydrogen (secondary N) is 1. The third-order valence-corrected chi connectivity index (χ3v) is 5.74. The highest BCUT2D eigenvalue weighted by Crippen LogP contribution is 2.18. The van der Waals surface area contributed by atoms with Gasteiger partial charge < -0.3 is 14.8 Å². The van der Waals surface area contributed by atoms with Crippen molar-refractivity contribution >= 4 is 17.3 Å². The zero-order valence-corrected chi connectivity index (χ0v) is 17.0. The predicted octanol–water partition coefficient (Wildman–Crippen LogP) is 2.80. The van der Waals surface area contributed by atoms with E-state index in [0.29, 0.717) is 12.6 Å². The third-order valence-electron chi connectivity index (χ3n) is 4.92. The van der Waals surface area contributed by atoms with E-state index in [1.165, 1.54) is 32.1 Å². The van der Waals surface area contributed by atoms with Crippen molar-refractivity contribution in [3.63, 3.8) is 0 Å². The number of aryl methyl sites for hydroxylation is 2. The first kappa shape index (κ1) is 18.8. The summed E-state index contributed by atoms with van der Waals surface area (Å²) in [6, 6.07) is 0.503. The number of guanidine groups is 1. The molecule has 0 amide bonds. The van der Waals surface area contributed by atoms with Gasteiger partial charge in [0.25, 0.3) is 0 Å². The van der Waals surface area contributed by atoms with Crippen molar-refractivity contribution in [2.24, 2.45) is 12.0 Å². The van der Waals surface area contributed by atoms with Crippen LogP contribution in [0, 0.1) is 13.8 Å². The average Bonchev–Trinajstić information content (AvgIpc) is 3.18. The first-order valence-electron chi connectivity index (χ1n) is 9.31. The van der Waals surface area contributed by atoms with Crippen LogP contribution in [-0.4, -0.2) is 43.7 Å². The molecule has 1 aliphatic rings. The van der Waals surface area contributed by atoms with E-state index in [-0.39, 0.29) is 0 Å². The van der Waals surface area contributed by atoms with Crippen molar-refractivity contribution in [1.29, 1.82) is 0 Å². The Labute approximate surface area is 159 Å². The molecule has 0 radical (unpaired) electrons. The van der Waals surface area contributed by atoms with Gasteiger partial charge in [0.2, 0.25) is 0 Å². The molecule has 2 aromatic rings. The van der Waals surface area contributed by atoms with Crippen molar-refractivity contribution in [3.8, 4) is 0 Å². The summed E-state index contributed by atoms with van der Waals surface area (Å²) in [6.45, 7) is 5.27. The average molecular weight is 376 g/mol. The molecule has 0 spiro atoms. The van der Waals surface area contributed by atoms with Gasteiger partial charge in [0.15, 0.2) is 11.8 Å². The Kier molecular flexibility index (Phi) is 6.24. The number of rotatable bonds is 5. The molecule has 8 heteroatoms. The summed E-state index contributed by atoms with van der Waals surface area (Å²) in [6.07, 6.45) is 6.36. The fraction of sp³-hybridized carbons (Fsp3) is 0.667. The van der Waals surface area contributed by atoms with Crippen LogP contribution >= 0.6 is 11.3 Å². The molecular weight excluding hydrogens is 346 g/mol. The minimum Gasteiger partial charge on any atom is -0.353 e. The van der Waals surface area contributed by atoms with Crippen molar-refractivity contribution in [1.82, 2.24) is 30.0 Å². The van der Waals surface area contributed by atoms with E-state index in [1.54, 1.807) is 11.3 Å². The highest BCUT2D eigenvalue weighted by molar-refractivity contribution is 7.09. The van der Waals surface area contributed by atoms with Crippen molar-refractivity contribution < 1.29 is 0 Å². The standard InChI is InChI=1S/C18H29N7S/c1-13-22-23-17(25(13)4)10-19-18(21-15-8-6-5-7-9-15)24(3)11-16-12-26-14(2)20-16/h12,15H,5-11H2,1-4H3,(H,19,21). The molecule has 0 aromatic carbocycles. The van der Waals surface area contributed by atoms with E-state index in [2.05, 4.69) is 37.8 Å². The monoisotopic (exact) mass is 375 g/mol. The number of hydrogen-bond acceptors (Lipinski definition) is 5. The van der Waals surface area contributed by atoms with Crippen LogP contribution in [0.4, 0.5) is 0 Å². The minimum atomic E-state index is 0.503. The van der Waals surface area contributed by atoms with Gasteiger partial charge in [-0.05, 0) is 26.7 Å². The molecule has 142 valence electrons. The quantitative estimate of drug-likeness (QED) is 0.643. The molecule has 1 saturated carbocycles. The lowest BCUT2D eigenvalue weighted by Gasteiger charge is -2.29. The van der Waals surface area contributed by atoms with Gasteiger partial charge in [-0.2, -0.15) is 0 Å². The fourth-order valence-corrected chi connectivity index (χ4v) is 3.84. The van der Waals surface area contributed by atoms with Crippen LogP contribution in [0.15, 0.2) is 10.4 Å². The van der Waals surface area contributed by atoms with Crippen LogP contribution in [0.25, 0.3) is 0 Å². The van der Waals surface area contributed by atoms with Gasteiger partial charge in [-0.1, -0.05) is 19.3 Å². The first-order valence-corrected chi connectivity index (χ1v) is 10.2. The second-order valence-electron chi connectivity index (χ2n) is 7.06. The summed E-state index contributed by atoms with van der Waals surface area (Å²) in [4.78, 5) is 11.6. The van der Waals surface area contributed by atoms with Crippen LogP contribution in [0.1, 0.15) is 54.5 Å². The van der Waals surface area contributed by atoms with E-state index in [9.17, 15) is 0 Å². The van der Waals surface area contributed by atoms with Crippen LogP contribution in [0.5, 0.6) is 0 Å². The molecule has 26 heavy (non-hydrogen) atoms. The topological polar surface area (TPSA) is 71.2 Å². The smallest absolute Gasteiger partial charge is 0.194 e. The maximum Gasteiger partial charge on any atom is 0.194 e. The Morgan fingerprint density at radius 2 is 2.08 bits per heavy atom. The number of thiazole rings is 1. The molecule has 1 aliphatic carbocycles. The normalized spacial score (nSPS) is 16.1. The molecular formula is C18H29N7S. The van der Waals surface area contributed by atoms with Crippen LogP contribution in [0.2, 0.25) is 0 Å². The van der Waals surface area contributed by atoms with E-state index < -0.39 is 0 Å². The summed E-state index contributed by atoms with van der Waals surface area (Å²) in [5.74, 6) is 2.70. The van der Waals surface area contributed by atoms with Gasteiger partial charge in [-0.3, -0.25) is 0 Å². The zero-order valence-electron chi connectivity index (χ0n) is 16.2. The summed E-state index contributed by atoms with van der Waals surface area (Å²) < 4.78 is 1.99. The van der Waals surface area contributed by atoms with Gasteiger partial charge in [0, 0.05) is 25.5 Å². The van der Waals surface area contributed by atoms with Gasteiger partial charge >= 0.3 is 0 Å². The molecule has 2 heterocycles. The molecule has 0 atom stereocenters. The Morgan fingerprint density at radius 1 is 1.31 bits per heavy atom. The lowest BCUT2D eigenvalue weighted by Crippen LogP contribution is -2.45. The fourth-order valence-electron chi connectivity index (χ4n) is 3.24. The molecule has 0 unspecified atom stereocenters. The summed E-state index contributed by atoms with van der Waals surface area (Å²) >= 11 is 1.69. The van der Waals surface area contributed by atoms with E-state index in [1.807, 2.05) is 25.5 Å². The van der Waals surface area contributed by atoms with Crippen molar-refractivity contribution in [3.05, 3.63) is 27.7 Å². The van der Waals surface area contributed by atoms with Crippen LogP contribution in [-0.2, 0) is 20.1 Å². The third kappa shape index (κ3) is 4.81. The Balaban J connectivity index is 1.73. The Morgan fingerprint density at radius 3 is 2.69 bits per heavy atom. The lowest BCUT2D eigenvalue weighted by molar-refractivity contribution is 0.385. The van der Waals surface area contributed by atoms with Crippen LogP contribution < -0.4 is 5.32 Å². The Hall–Kier alpha value is -1.96. The molecule has 1 N–H and O–H groups in total. The Bertz CT molecular complexity index is 743. The maximum atomic E-state index is 4.85. The van der Waals surface area contributed by atoms with Crippen molar-refractivity contribution in [2.45, 2.75) is 65.1 Å². The van der Waals surface area contributed by atoms with E-state index in [4.69, 9.17) is 4.99 Å². The van der Waals surface area contributed by atoms with Gasteiger partial charge in [0.05, 0.1) is 17.2 Å². The van der Waals surface area contributed by atoms with E-state index in [0.717, 1.165) is 34.9 Å². The summed E-state index contributed by atoms with van der Waals surface area (Å²) in [7, 11) is 4.06. The van der Waals surface area contributed by atoms with Gasteiger partial charge in [-0.25, -0.2) is 9.98 Å². The maximum absolute atomic E-state index is 4.85. The van der Waals surface area contributed by atoms with Crippen molar-refractivity contribution in [2.75, 3.05) is 7.05 Å². The first-order chi connectivity index (χ1) is 12.5. The van der Waals surface area contributed by atoms with E-state index >= 15 is 0 Å². The molecule has 1 fully saturated rings. The largest absolute Gasteiger partial charge is 0.353 e. The highest BCUT2D eigenvalue weighted by Gasteiger charge is 2.18. The van der Waals surface area contributed by atoms with Gasteiger partial charge in [-0.15, -0.1) is 21.5 Å². The lowest BCUT2D eigenvalue weighted by atomic mass is 9.96. The SMILES string of the molecule is Cc1nc(CN(C)C(=NCc2nnc(C)n2C)NC2CCCCC2)cs1. The van der Waals surface area contributed by atoms with Crippen LogP contribution in [0.3, 0.4) is 0 Å². The number of aliphatic imine (C=N–C) groups is 1. The minimum absolute atomic E-state index is 0.503. The molecule has 3 rings (SSSR count). The number of nitrogens with zero attached hydrogens (tertiary/aromatic N) is 6. The zero-order chi connectivity index (χ0) is 18.5. The number of aromatic nitrogens is 4. The molecule has 0 bridgehead atoms. The molecule has 2 aromatic heterocycles. The highest BCUT2D eigenvalue weighted by atomic mass is 32.1. The number of hydrogen-bond donors (Lipinski definition) is 1. The second kappa shape index (κ2) is 8.62. The van der Waals surface area contributed by atoms with Gasteiger partial charge in [0.1, 0.15) is 12.4 Å². The summed E-state index contributed by atoms with van der Waals surface area (Å²) in [5, 5.41) is 15.2. The molecule has 0 saturated heterocycles. The summed E-state index contributed by atoms with van der Waals surface area (Å²) in [5.41, 5.74) is 1.09.